The van der Waals surface area contributed by atoms with Crippen LogP contribution >= 0.6 is 0 Å². The summed E-state index contributed by atoms with van der Waals surface area (Å²) in [6, 6.07) is 3.39. The summed E-state index contributed by atoms with van der Waals surface area (Å²) in [6.45, 7) is 3.62. The minimum Gasteiger partial charge on any atom is -0.481 e. The number of rotatable bonds is 5. The lowest BCUT2D eigenvalue weighted by Gasteiger charge is -2.03. The highest BCUT2D eigenvalue weighted by molar-refractivity contribution is 5.97. The molecule has 0 aliphatic carbocycles. The predicted octanol–water partition coefficient (Wildman–Crippen LogP) is 2.01. The summed E-state index contributed by atoms with van der Waals surface area (Å²) in [5.41, 5.74) is 0.0636. The molecule has 0 aliphatic rings. The first-order valence-corrected chi connectivity index (χ1v) is 5.19. The van der Waals surface area contributed by atoms with Gasteiger partial charge in [-0.3, -0.25) is 4.79 Å². The molecule has 1 rings (SSSR count). The largest absolute Gasteiger partial charge is 0.481 e. The van der Waals surface area contributed by atoms with Crippen molar-refractivity contribution in [1.29, 1.82) is 0 Å². The molecule has 5 heteroatoms. The zero-order chi connectivity index (χ0) is 12.8. The molecule has 0 bridgehead atoms. The van der Waals surface area contributed by atoms with Gasteiger partial charge in [0.05, 0.1) is 18.6 Å². The lowest BCUT2D eigenvalue weighted by molar-refractivity contribution is -0.142. The molecule has 1 aromatic heterocycles. The molecule has 92 valence electrons. The fourth-order valence-corrected chi connectivity index (χ4v) is 1.27. The number of esters is 1. The van der Waals surface area contributed by atoms with Crippen molar-refractivity contribution < 1.29 is 23.8 Å². The molecular formula is C12H14O5. The number of carboxylic acids is 1. The number of furan rings is 1. The molecule has 0 fully saturated rings. The van der Waals surface area contributed by atoms with Crippen LogP contribution in [0.4, 0.5) is 0 Å². The van der Waals surface area contributed by atoms with Crippen molar-refractivity contribution in [2.45, 2.75) is 20.3 Å². The summed E-state index contributed by atoms with van der Waals surface area (Å²) in [5.74, 6) is -0.599. The van der Waals surface area contributed by atoms with E-state index in [2.05, 4.69) is 0 Å². The fraction of sp³-hybridized carbons (Fsp3) is 0.333. The first-order valence-electron chi connectivity index (χ1n) is 5.19. The maximum Gasteiger partial charge on any atom is 0.334 e. The van der Waals surface area contributed by atoms with E-state index >= 15 is 0 Å². The van der Waals surface area contributed by atoms with Crippen LogP contribution in [0.5, 0.6) is 0 Å². The Morgan fingerprint density at radius 1 is 1.47 bits per heavy atom. The molecule has 0 aromatic carbocycles. The van der Waals surface area contributed by atoms with Crippen molar-refractivity contribution in [1.82, 2.24) is 0 Å². The second-order valence-corrected chi connectivity index (χ2v) is 3.41. The average molecular weight is 238 g/mol. The molecule has 0 saturated carbocycles. The number of carbonyl (C=O) groups is 2. The molecular weight excluding hydrogens is 224 g/mol. The Hall–Kier alpha value is -2.04. The summed E-state index contributed by atoms with van der Waals surface area (Å²) >= 11 is 0. The third-order valence-electron chi connectivity index (χ3n) is 1.96. The topological polar surface area (TPSA) is 76.7 Å². The summed E-state index contributed by atoms with van der Waals surface area (Å²) in [6.07, 6.45) is 0.998. The number of carbonyl (C=O) groups excluding carboxylic acids is 1. The summed E-state index contributed by atoms with van der Waals surface area (Å²) < 4.78 is 10.0. The van der Waals surface area contributed by atoms with E-state index in [9.17, 15) is 9.59 Å². The molecule has 5 nitrogen and oxygen atoms in total. The van der Waals surface area contributed by atoms with Gasteiger partial charge in [0.1, 0.15) is 11.5 Å². The summed E-state index contributed by atoms with van der Waals surface area (Å²) in [4.78, 5) is 22.1. The first kappa shape index (κ1) is 13.0. The van der Waals surface area contributed by atoms with Crippen molar-refractivity contribution in [3.63, 3.8) is 0 Å². The van der Waals surface area contributed by atoms with E-state index in [1.807, 2.05) is 0 Å². The van der Waals surface area contributed by atoms with Crippen molar-refractivity contribution in [2.75, 3.05) is 6.61 Å². The average Bonchev–Trinajstić information content (AvgIpc) is 2.63. The van der Waals surface area contributed by atoms with Crippen LogP contribution in [0.2, 0.25) is 0 Å². The minimum atomic E-state index is -1.09. The van der Waals surface area contributed by atoms with E-state index in [0.29, 0.717) is 11.5 Å². The van der Waals surface area contributed by atoms with Gasteiger partial charge in [0.15, 0.2) is 0 Å². The van der Waals surface area contributed by atoms with Crippen LogP contribution in [0.1, 0.15) is 24.9 Å². The van der Waals surface area contributed by atoms with Gasteiger partial charge in [0, 0.05) is 0 Å². The zero-order valence-corrected chi connectivity index (χ0v) is 9.73. The molecule has 0 saturated heterocycles. The van der Waals surface area contributed by atoms with Gasteiger partial charge in [0.2, 0.25) is 0 Å². The zero-order valence-electron chi connectivity index (χ0n) is 9.73. The van der Waals surface area contributed by atoms with Gasteiger partial charge in [-0.25, -0.2) is 4.79 Å². The molecule has 0 radical (unpaired) electrons. The van der Waals surface area contributed by atoms with Gasteiger partial charge >= 0.3 is 11.9 Å². The Bertz CT molecular complexity index is 442. The lowest BCUT2D eigenvalue weighted by Crippen LogP contribution is -2.11. The fourth-order valence-electron chi connectivity index (χ4n) is 1.27. The van der Waals surface area contributed by atoms with E-state index in [0.717, 1.165) is 0 Å². The van der Waals surface area contributed by atoms with Crippen molar-refractivity contribution in [3.8, 4) is 0 Å². The Balaban J connectivity index is 2.92. The third kappa shape index (κ3) is 4.14. The highest BCUT2D eigenvalue weighted by Gasteiger charge is 2.15. The molecule has 17 heavy (non-hydrogen) atoms. The maximum atomic E-state index is 11.5. The first-order chi connectivity index (χ1) is 8.02. The smallest absolute Gasteiger partial charge is 0.334 e. The van der Waals surface area contributed by atoms with E-state index in [1.165, 1.54) is 6.08 Å². The van der Waals surface area contributed by atoms with Crippen LogP contribution in [0.15, 0.2) is 22.1 Å². The van der Waals surface area contributed by atoms with E-state index in [-0.39, 0.29) is 12.2 Å². The highest BCUT2D eigenvalue weighted by Crippen LogP contribution is 2.14. The highest BCUT2D eigenvalue weighted by atomic mass is 16.5. The van der Waals surface area contributed by atoms with Crippen LogP contribution in [-0.4, -0.2) is 23.7 Å². The van der Waals surface area contributed by atoms with Crippen molar-refractivity contribution in [3.05, 3.63) is 29.2 Å². The normalized spacial score (nSPS) is 11.3. The van der Waals surface area contributed by atoms with Gasteiger partial charge in [-0.2, -0.15) is 0 Å². The molecule has 1 aromatic rings. The number of hydrogen-bond donors (Lipinski definition) is 1. The Labute approximate surface area is 98.7 Å². The van der Waals surface area contributed by atoms with Crippen molar-refractivity contribution >= 4 is 18.0 Å². The Morgan fingerprint density at radius 3 is 2.65 bits per heavy atom. The van der Waals surface area contributed by atoms with E-state index in [4.69, 9.17) is 14.3 Å². The van der Waals surface area contributed by atoms with Gasteiger partial charge in [-0.05, 0) is 32.1 Å². The molecule has 0 spiro atoms. The van der Waals surface area contributed by atoms with Crippen molar-refractivity contribution in [2.24, 2.45) is 0 Å². The number of aliphatic carboxylic acids is 1. The molecule has 0 unspecified atom stereocenters. The van der Waals surface area contributed by atoms with Gasteiger partial charge in [-0.15, -0.1) is 0 Å². The monoisotopic (exact) mass is 238 g/mol. The second kappa shape index (κ2) is 5.89. The minimum absolute atomic E-state index is 0.0636. The SMILES string of the molecule is CCOC(=O)C(=Cc1ccc(C)o1)CC(=O)O. The standard InChI is InChI=1S/C12H14O5/c1-3-16-12(15)9(7-11(13)14)6-10-5-4-8(2)17-10/h4-6H,3,7H2,1-2H3,(H,13,14). The van der Waals surface area contributed by atoms with Gasteiger partial charge in [0.25, 0.3) is 0 Å². The molecule has 0 aliphatic heterocycles. The number of hydrogen-bond acceptors (Lipinski definition) is 4. The van der Waals surface area contributed by atoms with E-state index < -0.39 is 18.4 Å². The summed E-state index contributed by atoms with van der Waals surface area (Å²) in [5, 5.41) is 8.71. The number of ether oxygens (including phenoxy) is 1. The summed E-state index contributed by atoms with van der Waals surface area (Å²) in [7, 11) is 0. The number of aryl methyl sites for hydroxylation is 1. The van der Waals surface area contributed by atoms with Crippen LogP contribution in [-0.2, 0) is 14.3 Å². The molecule has 0 atom stereocenters. The lowest BCUT2D eigenvalue weighted by atomic mass is 10.1. The Morgan fingerprint density at radius 2 is 2.18 bits per heavy atom. The van der Waals surface area contributed by atoms with Gasteiger partial charge in [-0.1, -0.05) is 0 Å². The predicted molar refractivity (Wildman–Crippen MR) is 60.3 cm³/mol. The molecule has 1 heterocycles. The number of carboxylic acid groups (broad SMARTS) is 1. The quantitative estimate of drug-likeness (QED) is 0.627. The molecule has 0 amide bonds. The van der Waals surface area contributed by atoms with E-state index in [1.54, 1.807) is 26.0 Å². The van der Waals surface area contributed by atoms with Crippen LogP contribution in [0, 0.1) is 6.92 Å². The third-order valence-corrected chi connectivity index (χ3v) is 1.96. The van der Waals surface area contributed by atoms with Crippen LogP contribution < -0.4 is 0 Å². The molecule has 1 N–H and O–H groups in total. The van der Waals surface area contributed by atoms with Crippen LogP contribution in [0.25, 0.3) is 6.08 Å². The Kier molecular flexibility index (Phi) is 4.51. The van der Waals surface area contributed by atoms with Gasteiger partial charge < -0.3 is 14.3 Å². The second-order valence-electron chi connectivity index (χ2n) is 3.41. The van der Waals surface area contributed by atoms with Crippen LogP contribution in [0.3, 0.4) is 0 Å². The maximum absolute atomic E-state index is 11.5.